The van der Waals surface area contributed by atoms with Gasteiger partial charge in [-0.05, 0) is 31.0 Å². The topological polar surface area (TPSA) is 55.1 Å². The molecule has 1 amide bonds. The van der Waals surface area contributed by atoms with Gasteiger partial charge < -0.3 is 11.1 Å². The van der Waals surface area contributed by atoms with Crippen molar-refractivity contribution < 1.29 is 4.79 Å². The maximum Gasteiger partial charge on any atom is 0.252 e. The summed E-state index contributed by atoms with van der Waals surface area (Å²) in [4.78, 5) is 12.1. The maximum atomic E-state index is 12.1. The van der Waals surface area contributed by atoms with E-state index >= 15 is 0 Å². The van der Waals surface area contributed by atoms with Crippen LogP contribution in [0.15, 0.2) is 22.7 Å². The molecule has 1 aromatic rings. The van der Waals surface area contributed by atoms with Gasteiger partial charge in [0.1, 0.15) is 0 Å². The van der Waals surface area contributed by atoms with Gasteiger partial charge in [0.25, 0.3) is 5.91 Å². The molecule has 0 unspecified atom stereocenters. The molecule has 3 nitrogen and oxygen atoms in total. The normalized spacial score (nSPS) is 18.1. The number of nitrogens with two attached hydrogens (primary N) is 1. The van der Waals surface area contributed by atoms with Gasteiger partial charge in [0.15, 0.2) is 0 Å². The first kappa shape index (κ1) is 14.8. The van der Waals surface area contributed by atoms with Crippen molar-refractivity contribution in [1.29, 1.82) is 0 Å². The summed E-state index contributed by atoms with van der Waals surface area (Å²) in [7, 11) is 0. The van der Waals surface area contributed by atoms with Crippen molar-refractivity contribution in [2.75, 3.05) is 6.54 Å². The molecule has 1 aliphatic carbocycles. The first-order valence-corrected chi connectivity index (χ1v) is 7.69. The third-order valence-electron chi connectivity index (χ3n) is 3.63. The zero-order valence-electron chi connectivity index (χ0n) is 10.7. The Labute approximate surface area is 127 Å². The van der Waals surface area contributed by atoms with Gasteiger partial charge in [-0.3, -0.25) is 4.79 Å². The van der Waals surface area contributed by atoms with Crippen molar-refractivity contribution in [1.82, 2.24) is 5.32 Å². The lowest BCUT2D eigenvalue weighted by Crippen LogP contribution is -2.51. The van der Waals surface area contributed by atoms with Crippen LogP contribution < -0.4 is 11.1 Å². The van der Waals surface area contributed by atoms with Crippen LogP contribution in [0.1, 0.15) is 42.5 Å². The number of carbonyl (C=O) groups excluding carboxylic acids is 1. The maximum absolute atomic E-state index is 12.1. The molecule has 0 heterocycles. The van der Waals surface area contributed by atoms with Crippen LogP contribution in [-0.4, -0.2) is 18.0 Å². The fourth-order valence-corrected chi connectivity index (χ4v) is 3.22. The Morgan fingerprint density at radius 2 is 2.05 bits per heavy atom. The van der Waals surface area contributed by atoms with Crippen LogP contribution in [0.2, 0.25) is 5.02 Å². The predicted octanol–water partition coefficient (Wildman–Crippen LogP) is 3.49. The Morgan fingerprint density at radius 1 is 1.37 bits per heavy atom. The van der Waals surface area contributed by atoms with Gasteiger partial charge in [-0.1, -0.05) is 46.8 Å². The predicted molar refractivity (Wildman–Crippen MR) is 81.5 cm³/mol. The molecule has 5 heteroatoms. The summed E-state index contributed by atoms with van der Waals surface area (Å²) in [5.74, 6) is -0.159. The molecule has 0 radical (unpaired) electrons. The monoisotopic (exact) mass is 344 g/mol. The minimum Gasteiger partial charge on any atom is -0.350 e. The molecular weight excluding hydrogens is 328 g/mol. The number of hydrogen-bond acceptors (Lipinski definition) is 2. The zero-order valence-corrected chi connectivity index (χ0v) is 13.1. The Hall–Kier alpha value is -0.580. The number of amides is 1. The van der Waals surface area contributed by atoms with Crippen molar-refractivity contribution in [2.45, 2.75) is 37.6 Å². The Bertz CT molecular complexity index is 473. The van der Waals surface area contributed by atoms with Gasteiger partial charge in [-0.2, -0.15) is 0 Å². The highest BCUT2D eigenvalue weighted by Gasteiger charge is 2.28. The summed E-state index contributed by atoms with van der Waals surface area (Å²) in [6.45, 7) is 0.512. The van der Waals surface area contributed by atoms with Crippen molar-refractivity contribution in [3.05, 3.63) is 33.3 Å². The van der Waals surface area contributed by atoms with E-state index in [0.717, 1.165) is 30.2 Å². The summed E-state index contributed by atoms with van der Waals surface area (Å²) in [5, 5.41) is 3.35. The number of hydrogen-bond donors (Lipinski definition) is 2. The van der Waals surface area contributed by atoms with E-state index in [9.17, 15) is 4.79 Å². The second-order valence-electron chi connectivity index (χ2n) is 5.23. The van der Waals surface area contributed by atoms with Crippen LogP contribution >= 0.6 is 27.5 Å². The average Bonchev–Trinajstić information content (AvgIpc) is 2.37. The highest BCUT2D eigenvalue weighted by atomic mass is 79.9. The first-order valence-electron chi connectivity index (χ1n) is 6.52. The number of nitrogens with one attached hydrogen (secondary N) is 1. The van der Waals surface area contributed by atoms with Crippen molar-refractivity contribution >= 4 is 33.4 Å². The lowest BCUT2D eigenvalue weighted by Gasteiger charge is -2.33. The summed E-state index contributed by atoms with van der Waals surface area (Å²) >= 11 is 9.38. The van der Waals surface area contributed by atoms with Crippen molar-refractivity contribution in [3.8, 4) is 0 Å². The Kier molecular flexibility index (Phi) is 4.87. The van der Waals surface area contributed by atoms with Crippen LogP contribution in [0.4, 0.5) is 0 Å². The van der Waals surface area contributed by atoms with Crippen LogP contribution in [0, 0.1) is 0 Å². The fraction of sp³-hybridized carbons (Fsp3) is 0.500. The standard InChI is InChI=1S/C14H18BrClN2O/c15-10-4-5-11(12(16)8-10)13(19)18-9-14(17)6-2-1-3-7-14/h4-5,8H,1-3,6-7,9,17H2,(H,18,19). The van der Waals surface area contributed by atoms with E-state index in [4.69, 9.17) is 17.3 Å². The molecule has 0 aromatic heterocycles. The molecule has 104 valence electrons. The molecule has 1 aromatic carbocycles. The summed E-state index contributed by atoms with van der Waals surface area (Å²) in [6, 6.07) is 5.24. The third-order valence-corrected chi connectivity index (χ3v) is 4.43. The first-order chi connectivity index (χ1) is 9.00. The van der Waals surface area contributed by atoms with E-state index in [1.807, 2.05) is 0 Å². The van der Waals surface area contributed by atoms with Crippen molar-refractivity contribution in [3.63, 3.8) is 0 Å². The quantitative estimate of drug-likeness (QED) is 0.881. The smallest absolute Gasteiger partial charge is 0.252 e. The summed E-state index contributed by atoms with van der Waals surface area (Å²) in [5.41, 5.74) is 6.53. The molecule has 3 N–H and O–H groups in total. The van der Waals surface area contributed by atoms with E-state index in [2.05, 4.69) is 21.2 Å². The molecule has 1 saturated carbocycles. The van der Waals surface area contributed by atoms with Gasteiger partial charge >= 0.3 is 0 Å². The van der Waals surface area contributed by atoms with Gasteiger partial charge in [0.05, 0.1) is 10.6 Å². The number of rotatable bonds is 3. The molecule has 0 spiro atoms. The fourth-order valence-electron chi connectivity index (χ4n) is 2.46. The molecule has 0 aliphatic heterocycles. The molecule has 19 heavy (non-hydrogen) atoms. The number of benzene rings is 1. The molecule has 1 aliphatic rings. The molecule has 2 rings (SSSR count). The van der Waals surface area contributed by atoms with Gasteiger partial charge in [-0.15, -0.1) is 0 Å². The second kappa shape index (κ2) is 6.25. The second-order valence-corrected chi connectivity index (χ2v) is 6.55. The highest BCUT2D eigenvalue weighted by molar-refractivity contribution is 9.10. The molecule has 0 saturated heterocycles. The molecule has 0 atom stereocenters. The van der Waals surface area contributed by atoms with Crippen LogP contribution in [0.3, 0.4) is 0 Å². The lowest BCUT2D eigenvalue weighted by molar-refractivity contribution is 0.0938. The molecular formula is C14H18BrClN2O. The van der Waals surface area contributed by atoms with Gasteiger partial charge in [-0.25, -0.2) is 0 Å². The van der Waals surface area contributed by atoms with Gasteiger partial charge in [0.2, 0.25) is 0 Å². The van der Waals surface area contributed by atoms with E-state index in [1.54, 1.807) is 18.2 Å². The SMILES string of the molecule is NC1(CNC(=O)c2ccc(Br)cc2Cl)CCCCC1. The molecule has 0 bridgehead atoms. The summed E-state index contributed by atoms with van der Waals surface area (Å²) < 4.78 is 0.858. The largest absolute Gasteiger partial charge is 0.350 e. The Morgan fingerprint density at radius 3 is 2.68 bits per heavy atom. The van der Waals surface area contributed by atoms with E-state index in [-0.39, 0.29) is 11.4 Å². The van der Waals surface area contributed by atoms with E-state index in [0.29, 0.717) is 17.1 Å². The number of carbonyl (C=O) groups is 1. The third kappa shape index (κ3) is 3.94. The molecule has 1 fully saturated rings. The van der Waals surface area contributed by atoms with E-state index in [1.165, 1.54) is 6.42 Å². The Balaban J connectivity index is 1.97. The number of halogens is 2. The minimum atomic E-state index is -0.254. The minimum absolute atomic E-state index is 0.159. The zero-order chi connectivity index (χ0) is 13.9. The van der Waals surface area contributed by atoms with E-state index < -0.39 is 0 Å². The van der Waals surface area contributed by atoms with Gasteiger partial charge in [0, 0.05) is 16.6 Å². The average molecular weight is 346 g/mol. The van der Waals surface area contributed by atoms with Crippen LogP contribution in [0.25, 0.3) is 0 Å². The van der Waals surface area contributed by atoms with Crippen LogP contribution in [-0.2, 0) is 0 Å². The summed E-state index contributed by atoms with van der Waals surface area (Å²) in [6.07, 6.45) is 5.48. The van der Waals surface area contributed by atoms with Crippen molar-refractivity contribution in [2.24, 2.45) is 5.73 Å². The van der Waals surface area contributed by atoms with Crippen LogP contribution in [0.5, 0.6) is 0 Å². The lowest BCUT2D eigenvalue weighted by atomic mass is 9.82. The highest BCUT2D eigenvalue weighted by Crippen LogP contribution is 2.26.